The Morgan fingerprint density at radius 3 is 0.538 bits per heavy atom. The summed E-state index contributed by atoms with van der Waals surface area (Å²) >= 11 is 0. The van der Waals surface area contributed by atoms with E-state index >= 15 is 0 Å². The monoisotopic (exact) mass is 206 g/mol. The number of nitrogens with zero attached hydrogens (tertiary/aromatic N) is 2. The molecule has 13 heavy (non-hydrogen) atoms. The van der Waals surface area contributed by atoms with E-state index in [9.17, 15) is 0 Å². The third kappa shape index (κ3) is 66600. The van der Waals surface area contributed by atoms with Crippen molar-refractivity contribution in [3.05, 3.63) is 0 Å². The first-order chi connectivity index (χ1) is 5.41. The van der Waals surface area contributed by atoms with Gasteiger partial charge in [-0.1, -0.05) is 0 Å². The molecule has 0 aliphatic carbocycles. The number of quaternary nitrogens is 2. The molecule has 0 aliphatic rings. The molecule has 0 aliphatic heterocycles. The van der Waals surface area contributed by atoms with E-state index in [0.29, 0.717) is 0 Å². The van der Waals surface area contributed by atoms with Crippen molar-refractivity contribution in [3.63, 3.8) is 0 Å². The van der Waals surface area contributed by atoms with Gasteiger partial charge in [0, 0.05) is 0 Å². The molecule has 0 aromatic carbocycles. The average molecular weight is 206 g/mol. The fourth-order valence-electron chi connectivity index (χ4n) is 0. The normalized spacial score (nSPS) is 10.6. The molecule has 2 nitrogen and oxygen atoms in total. The fourth-order valence-corrected chi connectivity index (χ4v) is 0. The van der Waals surface area contributed by atoms with Crippen molar-refractivity contribution < 1.29 is 8.97 Å². The van der Waals surface area contributed by atoms with Crippen LogP contribution in [0.25, 0.3) is 0 Å². The van der Waals surface area contributed by atoms with Crippen molar-refractivity contribution in [1.82, 2.24) is 0 Å². The number of hydrogen-bond acceptors (Lipinski definition) is 0. The molecule has 0 rings (SSSR count). The van der Waals surface area contributed by atoms with Crippen LogP contribution in [-0.4, -0.2) is 74.9 Å². The van der Waals surface area contributed by atoms with Crippen LogP contribution in [0.4, 0.5) is 0 Å². The Balaban J connectivity index is -0.000000120. The molecule has 0 heterocycles. The first kappa shape index (κ1) is 18.8. The number of hydrogen-bond donors (Lipinski definition) is 0. The van der Waals surface area contributed by atoms with Gasteiger partial charge in [-0.05, 0) is 0 Å². The quantitative estimate of drug-likeness (QED) is 0.415. The van der Waals surface area contributed by atoms with Crippen LogP contribution in [0.2, 0.25) is 13.1 Å². The zero-order chi connectivity index (χ0) is 11.7. The van der Waals surface area contributed by atoms with Crippen LogP contribution in [0.5, 0.6) is 0 Å². The zero-order valence-corrected chi connectivity index (χ0v) is 12.4. The Morgan fingerprint density at radius 1 is 0.538 bits per heavy atom. The van der Waals surface area contributed by atoms with Crippen molar-refractivity contribution in [3.8, 4) is 0 Å². The lowest BCUT2D eigenvalue weighted by molar-refractivity contribution is -0.849. The summed E-state index contributed by atoms with van der Waals surface area (Å²) in [5.74, 6) is 0. The van der Waals surface area contributed by atoms with Crippen LogP contribution in [0.1, 0.15) is 0 Å². The molecule has 0 saturated heterocycles. The van der Waals surface area contributed by atoms with E-state index in [4.69, 9.17) is 0 Å². The smallest absolute Gasteiger partial charge is 0.0675 e. The van der Waals surface area contributed by atoms with Gasteiger partial charge in [-0.25, -0.2) is 0 Å². The van der Waals surface area contributed by atoms with Crippen molar-refractivity contribution in [1.29, 1.82) is 0 Å². The Labute approximate surface area is 88.5 Å². The summed E-state index contributed by atoms with van der Waals surface area (Å²) in [5.41, 5.74) is 0. The molecule has 0 atom stereocenters. The second-order valence-electron chi connectivity index (χ2n) is 5.87. The van der Waals surface area contributed by atoms with Crippen LogP contribution >= 0.6 is 0 Å². The Bertz CT molecular complexity index is 66.1. The maximum atomic E-state index is 2.15. The molecule has 0 aromatic rings. The van der Waals surface area contributed by atoms with Gasteiger partial charge in [0.25, 0.3) is 0 Å². The minimum atomic E-state index is 1.00. The highest BCUT2D eigenvalue weighted by molar-refractivity contribution is 6.31. The Kier molecular flexibility index (Phi) is 12.6. The van der Waals surface area contributed by atoms with Gasteiger partial charge < -0.3 is 31.6 Å². The highest BCUT2D eigenvalue weighted by Gasteiger charge is 1.88. The third-order valence-corrected chi connectivity index (χ3v) is 0. The Morgan fingerprint density at radius 2 is 0.538 bits per heavy atom. The van der Waals surface area contributed by atoms with Gasteiger partial charge in [0.05, 0.1) is 56.4 Å². The van der Waals surface area contributed by atoms with E-state index in [1.54, 1.807) is 0 Å². The van der Waals surface area contributed by atoms with E-state index in [0.717, 1.165) is 18.5 Å². The van der Waals surface area contributed by atoms with E-state index < -0.39 is 0 Å². The van der Waals surface area contributed by atoms with Crippen LogP contribution in [0.3, 0.4) is 0 Å². The predicted octanol–water partition coefficient (Wildman–Crippen LogP) is 1.43. The zero-order valence-electron chi connectivity index (χ0n) is 11.4. The molecule has 3 heteroatoms. The molecule has 0 fully saturated rings. The molecule has 0 aromatic heterocycles. The van der Waals surface area contributed by atoms with E-state index in [1.165, 1.54) is 0 Å². The summed E-state index contributed by atoms with van der Waals surface area (Å²) in [4.78, 5) is 0. The molecule has 84 valence electrons. The van der Waals surface area contributed by atoms with Crippen molar-refractivity contribution in [2.45, 2.75) is 13.1 Å². The summed E-state index contributed by atoms with van der Waals surface area (Å²) in [6.45, 7) is 4.31. The van der Waals surface area contributed by atoms with Crippen LogP contribution in [0.15, 0.2) is 0 Å². The molecule has 0 saturated carbocycles. The molecular formula is C10H30N2Si. The summed E-state index contributed by atoms with van der Waals surface area (Å²) in [5, 5.41) is 0. The maximum absolute atomic E-state index is 2.15. The topological polar surface area (TPSA) is 0 Å². The molecule has 0 N–H and O–H groups in total. The maximum Gasteiger partial charge on any atom is 0.0675 e. The van der Waals surface area contributed by atoms with Crippen molar-refractivity contribution in [2.75, 3.05) is 56.4 Å². The summed E-state index contributed by atoms with van der Waals surface area (Å²) in [6, 6.07) is 0. The number of rotatable bonds is 0. The van der Waals surface area contributed by atoms with Gasteiger partial charge in [0.1, 0.15) is 0 Å². The summed E-state index contributed by atoms with van der Waals surface area (Å²) in [6.07, 6.45) is 0. The van der Waals surface area contributed by atoms with E-state index in [1.807, 2.05) is 0 Å². The predicted molar refractivity (Wildman–Crippen MR) is 65.4 cm³/mol. The lowest BCUT2D eigenvalue weighted by Crippen LogP contribution is -2.27. The van der Waals surface area contributed by atoms with Gasteiger partial charge in [-0.3, -0.25) is 0 Å². The average Bonchev–Trinajstić information content (AvgIpc) is 1.52. The van der Waals surface area contributed by atoms with Gasteiger partial charge in [-0.2, -0.15) is 0 Å². The highest BCUT2D eigenvalue weighted by atomic mass is 28.2. The van der Waals surface area contributed by atoms with Crippen LogP contribution in [-0.2, 0) is 0 Å². The summed E-state index contributed by atoms with van der Waals surface area (Å²) in [7, 11) is 18.1. The fraction of sp³-hybridized carbons (Fsp3) is 1.00. The second-order valence-corrected chi connectivity index (χ2v) is 6.87. The lowest BCUT2D eigenvalue weighted by Gasteiger charge is -2.14. The van der Waals surface area contributed by atoms with Gasteiger partial charge >= 0.3 is 0 Å². The summed E-state index contributed by atoms with van der Waals surface area (Å²) < 4.78 is 2.00. The van der Waals surface area contributed by atoms with Gasteiger partial charge in [-0.15, -0.1) is 0 Å². The largest absolute Gasteiger partial charge is 0.968 e. The highest BCUT2D eigenvalue weighted by Crippen LogP contribution is 1.74. The van der Waals surface area contributed by atoms with E-state index in [2.05, 4.69) is 69.5 Å². The minimum Gasteiger partial charge on any atom is -0.968 e. The molecule has 0 amide bonds. The third-order valence-electron chi connectivity index (χ3n) is 0. The van der Waals surface area contributed by atoms with Crippen molar-refractivity contribution in [2.24, 2.45) is 0 Å². The molecule has 0 radical (unpaired) electrons. The first-order valence-electron chi connectivity index (χ1n) is 4.58. The lowest BCUT2D eigenvalue weighted by atomic mass is 10.8. The second kappa shape index (κ2) is 8.72. The van der Waals surface area contributed by atoms with E-state index in [-0.39, 0.29) is 0 Å². The van der Waals surface area contributed by atoms with Gasteiger partial charge in [0.2, 0.25) is 0 Å². The SMILES string of the molecule is C[N+](C)(C)C.C[N+](C)(C)C.C[Si-2]C. The van der Waals surface area contributed by atoms with Gasteiger partial charge in [0.15, 0.2) is 0 Å². The van der Waals surface area contributed by atoms with Crippen LogP contribution in [0, 0.1) is 0 Å². The molecule has 0 unspecified atom stereocenters. The molecule has 0 spiro atoms. The molecular weight excluding hydrogens is 176 g/mol. The molecule has 0 bridgehead atoms. The first-order valence-corrected chi connectivity index (χ1v) is 6.58. The van der Waals surface area contributed by atoms with Crippen molar-refractivity contribution >= 4 is 9.52 Å². The Hall–Kier alpha value is 0.137. The van der Waals surface area contributed by atoms with Crippen LogP contribution < -0.4 is 0 Å². The standard InChI is InChI=1S/2C4H12N.C2H6Si/c2*1-5(2,3)4;1-3-2/h2*1-4H3;1-2H3/q2*+1;-2. The minimum absolute atomic E-state index is 1.00.